The molecule has 1 atom stereocenters. The minimum absolute atomic E-state index is 0.00386. The first-order valence-corrected chi connectivity index (χ1v) is 10.7. The Kier molecular flexibility index (Phi) is 15.4. The van der Waals surface area contributed by atoms with Gasteiger partial charge in [-0.1, -0.05) is 96.8 Å². The molecule has 5 nitrogen and oxygen atoms in total. The minimum atomic E-state index is -1.39. The number of hydrogen-bond donors (Lipinski definition) is 3. The van der Waals surface area contributed by atoms with Crippen LogP contribution in [0.5, 0.6) is 0 Å². The molecule has 0 aromatic rings. The maximum Gasteiger partial charge on any atom is 0.323 e. The van der Waals surface area contributed by atoms with Crippen molar-refractivity contribution >= 4 is 11.9 Å². The van der Waals surface area contributed by atoms with Crippen molar-refractivity contribution in [3.05, 3.63) is 0 Å². The van der Waals surface area contributed by atoms with Crippen LogP contribution in [-0.2, 0) is 9.59 Å². The van der Waals surface area contributed by atoms with Gasteiger partial charge in [0.2, 0.25) is 0 Å². The first kappa shape index (κ1) is 24.9. The molecular formula is C21H41NO4. The monoisotopic (exact) mass is 371 g/mol. The van der Waals surface area contributed by atoms with E-state index in [2.05, 4.69) is 6.92 Å². The van der Waals surface area contributed by atoms with E-state index >= 15 is 0 Å². The number of carboxylic acid groups (broad SMARTS) is 2. The molecule has 26 heavy (non-hydrogen) atoms. The predicted octanol–water partition coefficient (Wildman–Crippen LogP) is 5.50. The molecule has 0 aliphatic rings. The number of hydrogen-bond acceptors (Lipinski definition) is 3. The van der Waals surface area contributed by atoms with Crippen LogP contribution < -0.4 is 5.73 Å². The van der Waals surface area contributed by atoms with Gasteiger partial charge < -0.3 is 15.9 Å². The molecule has 0 saturated carbocycles. The predicted molar refractivity (Wildman–Crippen MR) is 106 cm³/mol. The van der Waals surface area contributed by atoms with E-state index in [1.807, 2.05) is 0 Å². The van der Waals surface area contributed by atoms with Crippen molar-refractivity contribution in [2.24, 2.45) is 5.73 Å². The molecule has 0 aliphatic heterocycles. The van der Waals surface area contributed by atoms with Crippen LogP contribution in [0.4, 0.5) is 0 Å². The van der Waals surface area contributed by atoms with Crippen LogP contribution in [0.3, 0.4) is 0 Å². The van der Waals surface area contributed by atoms with Gasteiger partial charge in [0.25, 0.3) is 0 Å². The van der Waals surface area contributed by atoms with Crippen molar-refractivity contribution in [3.63, 3.8) is 0 Å². The smallest absolute Gasteiger partial charge is 0.323 e. The number of carboxylic acids is 2. The summed E-state index contributed by atoms with van der Waals surface area (Å²) >= 11 is 0. The second-order valence-corrected chi connectivity index (χ2v) is 7.70. The molecule has 5 heteroatoms. The van der Waals surface area contributed by atoms with E-state index in [-0.39, 0.29) is 12.8 Å². The second kappa shape index (κ2) is 16.1. The second-order valence-electron chi connectivity index (χ2n) is 7.70. The Morgan fingerprint density at radius 2 is 1.08 bits per heavy atom. The summed E-state index contributed by atoms with van der Waals surface area (Å²) in [6, 6.07) is 0. The largest absolute Gasteiger partial charge is 0.481 e. The molecule has 0 saturated heterocycles. The van der Waals surface area contributed by atoms with E-state index in [4.69, 9.17) is 10.8 Å². The van der Waals surface area contributed by atoms with E-state index in [1.54, 1.807) is 0 Å². The van der Waals surface area contributed by atoms with E-state index in [0.717, 1.165) is 19.3 Å². The SMILES string of the molecule is CCCCCCCCCCCCCCCC[C@](N)(CCC(=O)O)C(=O)O. The van der Waals surface area contributed by atoms with E-state index in [1.165, 1.54) is 70.6 Å². The summed E-state index contributed by atoms with van der Waals surface area (Å²) in [5.41, 5.74) is 4.48. The van der Waals surface area contributed by atoms with E-state index in [9.17, 15) is 14.7 Å². The maximum atomic E-state index is 11.3. The average molecular weight is 372 g/mol. The quantitative estimate of drug-likeness (QED) is 0.260. The fourth-order valence-electron chi connectivity index (χ4n) is 3.30. The Hall–Kier alpha value is -1.10. The number of unbranched alkanes of at least 4 members (excludes halogenated alkanes) is 13. The molecule has 0 aromatic heterocycles. The zero-order valence-electron chi connectivity index (χ0n) is 16.8. The molecule has 4 N–H and O–H groups in total. The third-order valence-electron chi connectivity index (χ3n) is 5.19. The standard InChI is InChI=1S/C21H41NO4/c1-2-3-4-5-6-7-8-9-10-11-12-13-14-15-17-21(22,20(25)26)18-16-19(23)24/h2-18,22H2,1H3,(H,23,24)(H,25,26)/t21-/m0/s1. The number of aliphatic carboxylic acids is 2. The van der Waals surface area contributed by atoms with Crippen molar-refractivity contribution in [2.75, 3.05) is 0 Å². The van der Waals surface area contributed by atoms with Gasteiger partial charge in [-0.25, -0.2) is 0 Å². The summed E-state index contributed by atoms with van der Waals surface area (Å²) in [6.45, 7) is 2.25. The average Bonchev–Trinajstić information content (AvgIpc) is 2.60. The lowest BCUT2D eigenvalue weighted by Gasteiger charge is -2.23. The first-order chi connectivity index (χ1) is 12.4. The highest BCUT2D eigenvalue weighted by atomic mass is 16.4. The zero-order chi connectivity index (χ0) is 19.7. The molecule has 0 aliphatic carbocycles. The molecule has 0 heterocycles. The molecule has 0 aromatic carbocycles. The molecule has 0 unspecified atom stereocenters. The van der Waals surface area contributed by atoms with Crippen molar-refractivity contribution in [1.82, 2.24) is 0 Å². The van der Waals surface area contributed by atoms with Crippen LogP contribution in [0.15, 0.2) is 0 Å². The van der Waals surface area contributed by atoms with Crippen LogP contribution in [0, 0.1) is 0 Å². The van der Waals surface area contributed by atoms with Crippen LogP contribution >= 0.6 is 0 Å². The highest BCUT2D eigenvalue weighted by Crippen LogP contribution is 2.20. The van der Waals surface area contributed by atoms with Crippen molar-refractivity contribution < 1.29 is 19.8 Å². The van der Waals surface area contributed by atoms with Crippen LogP contribution in [0.25, 0.3) is 0 Å². The lowest BCUT2D eigenvalue weighted by molar-refractivity contribution is -0.145. The van der Waals surface area contributed by atoms with E-state index < -0.39 is 17.5 Å². The Morgan fingerprint density at radius 1 is 0.692 bits per heavy atom. The lowest BCUT2D eigenvalue weighted by atomic mass is 9.88. The molecule has 0 amide bonds. The number of nitrogens with two attached hydrogens (primary N) is 1. The van der Waals surface area contributed by atoms with Gasteiger partial charge in [0.15, 0.2) is 0 Å². The highest BCUT2D eigenvalue weighted by molar-refractivity contribution is 5.79. The Labute approximate surface area is 159 Å². The van der Waals surface area contributed by atoms with Gasteiger partial charge >= 0.3 is 11.9 Å². The fourth-order valence-corrected chi connectivity index (χ4v) is 3.30. The molecule has 0 bridgehead atoms. The van der Waals surface area contributed by atoms with Crippen LogP contribution in [0.1, 0.15) is 116 Å². The Morgan fingerprint density at radius 3 is 1.42 bits per heavy atom. The summed E-state index contributed by atoms with van der Waals surface area (Å²) in [7, 11) is 0. The van der Waals surface area contributed by atoms with E-state index in [0.29, 0.717) is 6.42 Å². The van der Waals surface area contributed by atoms with Gasteiger partial charge in [0.05, 0.1) is 0 Å². The van der Waals surface area contributed by atoms with Gasteiger partial charge in [0.1, 0.15) is 5.54 Å². The first-order valence-electron chi connectivity index (χ1n) is 10.7. The van der Waals surface area contributed by atoms with Gasteiger partial charge in [-0.15, -0.1) is 0 Å². The number of carbonyl (C=O) groups is 2. The molecular weight excluding hydrogens is 330 g/mol. The molecule has 0 radical (unpaired) electrons. The zero-order valence-corrected chi connectivity index (χ0v) is 16.8. The summed E-state index contributed by atoms with van der Waals surface area (Å²) in [5, 5.41) is 17.9. The third kappa shape index (κ3) is 14.1. The van der Waals surface area contributed by atoms with Gasteiger partial charge in [-0.05, 0) is 12.8 Å². The Bertz CT molecular complexity index is 373. The summed E-state index contributed by atoms with van der Waals surface area (Å²) in [5.74, 6) is -2.09. The maximum absolute atomic E-state index is 11.3. The summed E-state index contributed by atoms with van der Waals surface area (Å²) < 4.78 is 0. The third-order valence-corrected chi connectivity index (χ3v) is 5.19. The number of rotatable bonds is 19. The minimum Gasteiger partial charge on any atom is -0.481 e. The highest BCUT2D eigenvalue weighted by Gasteiger charge is 2.33. The summed E-state index contributed by atoms with van der Waals surface area (Å²) in [6.07, 6.45) is 17.6. The van der Waals surface area contributed by atoms with Crippen molar-refractivity contribution in [1.29, 1.82) is 0 Å². The van der Waals surface area contributed by atoms with Crippen molar-refractivity contribution in [2.45, 2.75) is 122 Å². The normalized spacial score (nSPS) is 13.5. The lowest BCUT2D eigenvalue weighted by Crippen LogP contribution is -2.48. The van der Waals surface area contributed by atoms with Gasteiger partial charge in [0, 0.05) is 6.42 Å². The molecule has 0 rings (SSSR count). The van der Waals surface area contributed by atoms with Crippen LogP contribution in [0.2, 0.25) is 0 Å². The summed E-state index contributed by atoms with van der Waals surface area (Å²) in [4.78, 5) is 21.9. The molecule has 0 spiro atoms. The Balaban J connectivity index is 3.51. The molecule has 0 fully saturated rings. The van der Waals surface area contributed by atoms with Gasteiger partial charge in [-0.2, -0.15) is 0 Å². The van der Waals surface area contributed by atoms with Crippen molar-refractivity contribution in [3.8, 4) is 0 Å². The fraction of sp³-hybridized carbons (Fsp3) is 0.905. The topological polar surface area (TPSA) is 101 Å². The molecule has 154 valence electrons. The van der Waals surface area contributed by atoms with Crippen LogP contribution in [-0.4, -0.2) is 27.7 Å². The van der Waals surface area contributed by atoms with Gasteiger partial charge in [-0.3, -0.25) is 9.59 Å².